The summed E-state index contributed by atoms with van der Waals surface area (Å²) in [5.41, 5.74) is 2.47. The lowest BCUT2D eigenvalue weighted by Crippen LogP contribution is -2.49. The first-order valence-electron chi connectivity index (χ1n) is 10.9. The Morgan fingerprint density at radius 2 is 1.75 bits per heavy atom. The maximum absolute atomic E-state index is 13.1. The summed E-state index contributed by atoms with van der Waals surface area (Å²) in [6.45, 7) is 3.91. The number of nitrogens with zero attached hydrogens (tertiary/aromatic N) is 2. The fourth-order valence-electron chi connectivity index (χ4n) is 5.15. The molecule has 154 valence electrons. The highest BCUT2D eigenvalue weighted by Gasteiger charge is 2.36. The van der Waals surface area contributed by atoms with Crippen LogP contribution in [0.4, 0.5) is 0 Å². The van der Waals surface area contributed by atoms with Crippen LogP contribution in [0.5, 0.6) is 0 Å². The van der Waals surface area contributed by atoms with Crippen molar-refractivity contribution in [3.63, 3.8) is 0 Å². The molecule has 0 bridgehead atoms. The van der Waals surface area contributed by atoms with Crippen molar-refractivity contribution >= 4 is 15.9 Å². The minimum Gasteiger partial charge on any atom is -0.339 e. The number of aryl methyl sites for hydroxylation is 2. The SMILES string of the molecule is CC[C@H]1CCCCN1C(=O)C1CCN(S(=O)(=O)c2ccc3c(c2)CCC3)CC1. The Morgan fingerprint density at radius 1 is 1.00 bits per heavy atom. The molecule has 0 saturated carbocycles. The first kappa shape index (κ1) is 19.9. The minimum atomic E-state index is -3.46. The zero-order valence-electron chi connectivity index (χ0n) is 16.9. The lowest BCUT2D eigenvalue weighted by molar-refractivity contribution is -0.140. The lowest BCUT2D eigenvalue weighted by Gasteiger charge is -2.39. The van der Waals surface area contributed by atoms with E-state index >= 15 is 0 Å². The Balaban J connectivity index is 1.41. The average molecular weight is 405 g/mol. The van der Waals surface area contributed by atoms with Gasteiger partial charge in [-0.15, -0.1) is 0 Å². The number of hydrogen-bond donors (Lipinski definition) is 0. The van der Waals surface area contributed by atoms with Gasteiger partial charge in [-0.05, 0) is 81.0 Å². The Labute approximate surface area is 169 Å². The van der Waals surface area contributed by atoms with Crippen LogP contribution in [0.25, 0.3) is 0 Å². The molecule has 1 atom stereocenters. The summed E-state index contributed by atoms with van der Waals surface area (Å²) in [4.78, 5) is 15.5. The van der Waals surface area contributed by atoms with Gasteiger partial charge in [0.25, 0.3) is 0 Å². The summed E-state index contributed by atoms with van der Waals surface area (Å²) in [7, 11) is -3.46. The van der Waals surface area contributed by atoms with Crippen molar-refractivity contribution in [3.05, 3.63) is 29.3 Å². The largest absolute Gasteiger partial charge is 0.339 e. The number of hydrogen-bond acceptors (Lipinski definition) is 3. The normalized spacial score (nSPS) is 24.3. The molecule has 0 N–H and O–H groups in total. The Morgan fingerprint density at radius 3 is 2.50 bits per heavy atom. The Hall–Kier alpha value is -1.40. The molecule has 4 rings (SSSR count). The van der Waals surface area contributed by atoms with E-state index in [1.165, 1.54) is 17.5 Å². The Kier molecular flexibility index (Phi) is 5.79. The summed E-state index contributed by atoms with van der Waals surface area (Å²) >= 11 is 0. The Bertz CT molecular complexity index is 828. The maximum Gasteiger partial charge on any atom is 0.243 e. The van der Waals surface area contributed by atoms with Crippen molar-refractivity contribution in [2.75, 3.05) is 19.6 Å². The highest BCUT2D eigenvalue weighted by atomic mass is 32.2. The second kappa shape index (κ2) is 8.15. The molecule has 28 heavy (non-hydrogen) atoms. The van der Waals surface area contributed by atoms with E-state index < -0.39 is 10.0 Å². The van der Waals surface area contributed by atoms with Gasteiger partial charge in [-0.2, -0.15) is 4.31 Å². The second-order valence-electron chi connectivity index (χ2n) is 8.55. The standard InChI is InChI=1S/C22H32N2O3S/c1-2-20-8-3-4-13-24(20)22(25)18-11-14-23(15-12-18)28(26,27)21-10-9-17-6-5-7-19(17)16-21/h9-10,16,18,20H,2-8,11-15H2,1H3/t20-/m0/s1. The molecule has 0 spiro atoms. The average Bonchev–Trinajstić information content (AvgIpc) is 3.21. The van der Waals surface area contributed by atoms with Crippen molar-refractivity contribution in [2.24, 2.45) is 5.92 Å². The molecule has 2 aliphatic heterocycles. The summed E-state index contributed by atoms with van der Waals surface area (Å²) in [6, 6.07) is 5.98. The first-order valence-corrected chi connectivity index (χ1v) is 12.4. The number of likely N-dealkylation sites (tertiary alicyclic amines) is 1. The molecule has 6 heteroatoms. The summed E-state index contributed by atoms with van der Waals surface area (Å²) < 4.78 is 27.8. The maximum atomic E-state index is 13.1. The van der Waals surface area contributed by atoms with Gasteiger partial charge in [0.1, 0.15) is 0 Å². The van der Waals surface area contributed by atoms with Gasteiger partial charge in [0.15, 0.2) is 0 Å². The zero-order valence-corrected chi connectivity index (χ0v) is 17.7. The van der Waals surface area contributed by atoms with Crippen molar-refractivity contribution in [3.8, 4) is 0 Å². The molecule has 1 aliphatic carbocycles. The molecule has 0 aromatic heterocycles. The molecule has 1 aromatic carbocycles. The molecule has 5 nitrogen and oxygen atoms in total. The summed E-state index contributed by atoms with van der Waals surface area (Å²) in [5, 5.41) is 0. The number of sulfonamides is 1. The topological polar surface area (TPSA) is 57.7 Å². The third-order valence-corrected chi connectivity index (χ3v) is 8.79. The van der Waals surface area contributed by atoms with Crippen LogP contribution in [-0.4, -0.2) is 49.2 Å². The van der Waals surface area contributed by atoms with Gasteiger partial charge >= 0.3 is 0 Å². The van der Waals surface area contributed by atoms with Crippen LogP contribution in [0.1, 0.15) is 63.0 Å². The molecule has 3 aliphatic rings. The molecule has 2 saturated heterocycles. The highest BCUT2D eigenvalue weighted by molar-refractivity contribution is 7.89. The van der Waals surface area contributed by atoms with E-state index in [0.717, 1.165) is 45.1 Å². The van der Waals surface area contributed by atoms with Crippen LogP contribution in [0.3, 0.4) is 0 Å². The monoisotopic (exact) mass is 404 g/mol. The van der Waals surface area contributed by atoms with E-state index in [1.54, 1.807) is 10.4 Å². The molecule has 1 amide bonds. The molecule has 0 radical (unpaired) electrons. The third-order valence-electron chi connectivity index (χ3n) is 6.89. The molecular weight excluding hydrogens is 372 g/mol. The fraction of sp³-hybridized carbons (Fsp3) is 0.682. The number of amides is 1. The molecule has 2 heterocycles. The number of carbonyl (C=O) groups excluding carboxylic acids is 1. The highest BCUT2D eigenvalue weighted by Crippen LogP contribution is 2.30. The van der Waals surface area contributed by atoms with E-state index in [4.69, 9.17) is 0 Å². The van der Waals surface area contributed by atoms with Crippen molar-refractivity contribution in [2.45, 2.75) is 75.6 Å². The summed E-state index contributed by atoms with van der Waals surface area (Å²) in [5.74, 6) is 0.222. The van der Waals surface area contributed by atoms with Crippen molar-refractivity contribution in [1.82, 2.24) is 9.21 Å². The zero-order chi connectivity index (χ0) is 19.7. The second-order valence-corrected chi connectivity index (χ2v) is 10.5. The first-order chi connectivity index (χ1) is 13.5. The van der Waals surface area contributed by atoms with Crippen LogP contribution in [-0.2, 0) is 27.7 Å². The number of benzene rings is 1. The summed E-state index contributed by atoms with van der Waals surface area (Å²) in [6.07, 6.45) is 8.83. The quantitative estimate of drug-likeness (QED) is 0.773. The number of carbonyl (C=O) groups is 1. The van der Waals surface area contributed by atoms with Gasteiger partial charge in [0.2, 0.25) is 15.9 Å². The third kappa shape index (κ3) is 3.73. The minimum absolute atomic E-state index is 0.0291. The van der Waals surface area contributed by atoms with Crippen LogP contribution in [0, 0.1) is 5.92 Å². The predicted molar refractivity (Wildman–Crippen MR) is 110 cm³/mol. The van der Waals surface area contributed by atoms with Gasteiger partial charge in [-0.1, -0.05) is 13.0 Å². The van der Waals surface area contributed by atoms with Gasteiger partial charge in [-0.3, -0.25) is 4.79 Å². The van der Waals surface area contributed by atoms with Gasteiger partial charge < -0.3 is 4.90 Å². The smallest absolute Gasteiger partial charge is 0.243 e. The predicted octanol–water partition coefficient (Wildman–Crippen LogP) is 3.37. The van der Waals surface area contributed by atoms with E-state index in [0.29, 0.717) is 36.9 Å². The van der Waals surface area contributed by atoms with Crippen molar-refractivity contribution in [1.29, 1.82) is 0 Å². The van der Waals surface area contributed by atoms with Gasteiger partial charge in [0, 0.05) is 31.6 Å². The molecule has 0 unspecified atom stereocenters. The van der Waals surface area contributed by atoms with Gasteiger partial charge in [-0.25, -0.2) is 8.42 Å². The number of piperidine rings is 2. The van der Waals surface area contributed by atoms with Crippen LogP contribution in [0.15, 0.2) is 23.1 Å². The van der Waals surface area contributed by atoms with Crippen molar-refractivity contribution < 1.29 is 13.2 Å². The van der Waals surface area contributed by atoms with Crippen LogP contribution < -0.4 is 0 Å². The number of rotatable bonds is 4. The van der Waals surface area contributed by atoms with Gasteiger partial charge in [0.05, 0.1) is 4.90 Å². The van der Waals surface area contributed by atoms with Crippen LogP contribution in [0.2, 0.25) is 0 Å². The number of fused-ring (bicyclic) bond motifs is 1. The molecule has 2 fully saturated rings. The molecule has 1 aromatic rings. The van der Waals surface area contributed by atoms with Crippen LogP contribution >= 0.6 is 0 Å². The van der Waals surface area contributed by atoms with E-state index in [1.807, 2.05) is 12.1 Å². The van der Waals surface area contributed by atoms with E-state index in [9.17, 15) is 13.2 Å². The lowest BCUT2D eigenvalue weighted by atomic mass is 9.92. The van der Waals surface area contributed by atoms with E-state index in [-0.39, 0.29) is 11.8 Å². The van der Waals surface area contributed by atoms with E-state index in [2.05, 4.69) is 11.8 Å². The molecular formula is C22H32N2O3S. The fourth-order valence-corrected chi connectivity index (χ4v) is 6.67.